The lowest BCUT2D eigenvalue weighted by molar-refractivity contribution is -0.133. The van der Waals surface area contributed by atoms with Crippen molar-refractivity contribution in [2.75, 3.05) is 0 Å². The number of ether oxygens (including phenoxy) is 1. The van der Waals surface area contributed by atoms with E-state index in [9.17, 15) is 4.79 Å². The van der Waals surface area contributed by atoms with E-state index in [1.54, 1.807) is 24.3 Å². The van der Waals surface area contributed by atoms with Gasteiger partial charge in [0.2, 0.25) is 0 Å². The molecule has 3 heteroatoms. The van der Waals surface area contributed by atoms with E-state index in [1.165, 1.54) is 31.2 Å². The van der Waals surface area contributed by atoms with Crippen LogP contribution in [0.5, 0.6) is 5.75 Å². The number of hydrogen-bond acceptors (Lipinski definition) is 3. The fourth-order valence-corrected chi connectivity index (χ4v) is 3.37. The first-order chi connectivity index (χ1) is 14.7. The van der Waals surface area contributed by atoms with Crippen LogP contribution in [-0.2, 0) is 17.6 Å². The number of unbranched alkanes of at least 4 members (excludes halogenated alkanes) is 3. The molecule has 0 unspecified atom stereocenters. The number of aryl methyl sites for hydroxylation is 1. The lowest BCUT2D eigenvalue weighted by Crippen LogP contribution is -2.11. The maximum Gasteiger partial charge on any atom is 0.315 e. The van der Waals surface area contributed by atoms with Crippen LogP contribution in [0.3, 0.4) is 0 Å². The molecule has 0 atom stereocenters. The van der Waals surface area contributed by atoms with Crippen molar-refractivity contribution in [3.63, 3.8) is 0 Å². The van der Waals surface area contributed by atoms with Crippen LogP contribution in [0.4, 0.5) is 0 Å². The van der Waals surface area contributed by atoms with Crippen molar-refractivity contribution in [3.8, 4) is 22.9 Å². The van der Waals surface area contributed by atoms with E-state index in [-0.39, 0.29) is 12.4 Å². The molecule has 3 aromatic carbocycles. The average molecular weight is 398 g/mol. The Balaban J connectivity index is 1.51. The van der Waals surface area contributed by atoms with Gasteiger partial charge in [-0.15, -0.1) is 0 Å². The number of carbonyl (C=O) groups is 1. The Labute approximate surface area is 178 Å². The smallest absolute Gasteiger partial charge is 0.315 e. The normalized spacial score (nSPS) is 10.4. The highest BCUT2D eigenvalue weighted by atomic mass is 16.5. The van der Waals surface area contributed by atoms with Gasteiger partial charge in [-0.05, 0) is 59.4 Å². The lowest BCUT2D eigenvalue weighted by Gasteiger charge is -2.07. The summed E-state index contributed by atoms with van der Waals surface area (Å²) in [5.74, 6) is 0.266. The van der Waals surface area contributed by atoms with E-state index < -0.39 is 0 Å². The molecule has 0 amide bonds. The predicted molar refractivity (Wildman–Crippen MR) is 120 cm³/mol. The number of carbonyl (C=O) groups excluding carboxylic acids is 1. The van der Waals surface area contributed by atoms with Crippen molar-refractivity contribution in [1.29, 1.82) is 5.26 Å². The Kier molecular flexibility index (Phi) is 7.80. The number of rotatable bonds is 9. The van der Waals surface area contributed by atoms with E-state index in [2.05, 4.69) is 25.1 Å². The summed E-state index contributed by atoms with van der Waals surface area (Å²) >= 11 is 0. The fraction of sp³-hybridized carbons (Fsp3) is 0.259. The lowest BCUT2D eigenvalue weighted by atomic mass is 10.0. The van der Waals surface area contributed by atoms with Crippen molar-refractivity contribution in [2.45, 2.75) is 45.4 Å². The monoisotopic (exact) mass is 397 g/mol. The Morgan fingerprint density at radius 1 is 0.800 bits per heavy atom. The molecule has 0 bridgehead atoms. The molecule has 0 aliphatic carbocycles. The summed E-state index contributed by atoms with van der Waals surface area (Å²) < 4.78 is 5.49. The predicted octanol–water partition coefficient (Wildman–Crippen LogP) is 6.50. The summed E-state index contributed by atoms with van der Waals surface area (Å²) in [6, 6.07) is 25.2. The number of nitriles is 1. The molecule has 0 N–H and O–H groups in total. The van der Waals surface area contributed by atoms with Crippen LogP contribution in [0.15, 0.2) is 72.8 Å². The maximum absolute atomic E-state index is 12.3. The number of benzene rings is 3. The molecule has 0 heterocycles. The molecule has 30 heavy (non-hydrogen) atoms. The zero-order valence-electron chi connectivity index (χ0n) is 17.4. The maximum atomic E-state index is 12.3. The van der Waals surface area contributed by atoms with Crippen LogP contribution >= 0.6 is 0 Å². The van der Waals surface area contributed by atoms with Gasteiger partial charge in [-0.25, -0.2) is 0 Å². The van der Waals surface area contributed by atoms with Crippen molar-refractivity contribution >= 4 is 5.97 Å². The molecule has 3 rings (SSSR count). The van der Waals surface area contributed by atoms with Crippen molar-refractivity contribution in [1.82, 2.24) is 0 Å². The van der Waals surface area contributed by atoms with Gasteiger partial charge in [0.25, 0.3) is 0 Å². The van der Waals surface area contributed by atoms with Gasteiger partial charge in [0, 0.05) is 0 Å². The molecule has 0 aromatic heterocycles. The highest BCUT2D eigenvalue weighted by Gasteiger charge is 2.07. The van der Waals surface area contributed by atoms with Gasteiger partial charge in [0.05, 0.1) is 18.1 Å². The van der Waals surface area contributed by atoms with Crippen molar-refractivity contribution < 1.29 is 9.53 Å². The Bertz CT molecular complexity index is 981. The van der Waals surface area contributed by atoms with Gasteiger partial charge in [-0.1, -0.05) is 74.7 Å². The van der Waals surface area contributed by atoms with Gasteiger partial charge in [0.1, 0.15) is 5.75 Å². The summed E-state index contributed by atoms with van der Waals surface area (Å²) in [6.07, 6.45) is 6.38. The van der Waals surface area contributed by atoms with E-state index in [0.29, 0.717) is 11.3 Å². The topological polar surface area (TPSA) is 50.1 Å². The molecular formula is C27H27NO2. The largest absolute Gasteiger partial charge is 0.426 e. The molecule has 0 fully saturated rings. The van der Waals surface area contributed by atoms with Crippen molar-refractivity contribution in [2.24, 2.45) is 0 Å². The second kappa shape index (κ2) is 11.0. The second-order valence-corrected chi connectivity index (χ2v) is 7.49. The highest BCUT2D eigenvalue weighted by molar-refractivity contribution is 5.75. The minimum Gasteiger partial charge on any atom is -0.426 e. The molecular weight excluding hydrogens is 370 g/mol. The Hall–Kier alpha value is -3.38. The number of hydrogen-bond donors (Lipinski definition) is 0. The third kappa shape index (κ3) is 6.32. The summed E-state index contributed by atoms with van der Waals surface area (Å²) in [5.41, 5.74) is 4.94. The van der Waals surface area contributed by atoms with Crippen LogP contribution < -0.4 is 4.74 Å². The van der Waals surface area contributed by atoms with Crippen LogP contribution in [0.1, 0.15) is 49.3 Å². The second-order valence-electron chi connectivity index (χ2n) is 7.49. The number of nitrogens with zero attached hydrogens (tertiary/aromatic N) is 1. The molecule has 0 aliphatic rings. The average Bonchev–Trinajstić information content (AvgIpc) is 2.78. The molecule has 0 aliphatic heterocycles. The summed E-state index contributed by atoms with van der Waals surface area (Å²) in [6.45, 7) is 2.22. The third-order valence-corrected chi connectivity index (χ3v) is 5.12. The van der Waals surface area contributed by atoms with Crippen molar-refractivity contribution in [3.05, 3.63) is 89.5 Å². The minimum atomic E-state index is -0.267. The van der Waals surface area contributed by atoms with E-state index in [1.807, 2.05) is 36.4 Å². The number of esters is 1. The van der Waals surface area contributed by atoms with Gasteiger partial charge >= 0.3 is 5.97 Å². The Morgan fingerprint density at radius 2 is 1.40 bits per heavy atom. The fourth-order valence-electron chi connectivity index (χ4n) is 3.37. The zero-order chi connectivity index (χ0) is 21.2. The van der Waals surface area contributed by atoms with E-state index in [4.69, 9.17) is 10.00 Å². The van der Waals surface area contributed by atoms with E-state index in [0.717, 1.165) is 23.1 Å². The molecule has 152 valence electrons. The Morgan fingerprint density at radius 3 is 2.00 bits per heavy atom. The van der Waals surface area contributed by atoms with Gasteiger partial charge in [-0.2, -0.15) is 5.26 Å². The van der Waals surface area contributed by atoms with Gasteiger partial charge < -0.3 is 4.74 Å². The molecule has 0 saturated heterocycles. The molecule has 0 saturated carbocycles. The molecule has 0 radical (unpaired) electrons. The first-order valence-electron chi connectivity index (χ1n) is 10.6. The van der Waals surface area contributed by atoms with Gasteiger partial charge in [-0.3, -0.25) is 4.79 Å². The summed E-state index contributed by atoms with van der Waals surface area (Å²) in [7, 11) is 0. The van der Waals surface area contributed by atoms with Gasteiger partial charge in [0.15, 0.2) is 0 Å². The molecule has 3 nitrogen and oxygen atoms in total. The third-order valence-electron chi connectivity index (χ3n) is 5.12. The highest BCUT2D eigenvalue weighted by Crippen LogP contribution is 2.23. The zero-order valence-corrected chi connectivity index (χ0v) is 17.4. The quantitative estimate of drug-likeness (QED) is 0.235. The first-order valence-corrected chi connectivity index (χ1v) is 10.6. The van der Waals surface area contributed by atoms with Crippen LogP contribution in [0.25, 0.3) is 11.1 Å². The van der Waals surface area contributed by atoms with E-state index >= 15 is 0 Å². The van der Waals surface area contributed by atoms with Crippen LogP contribution in [0, 0.1) is 11.3 Å². The molecule has 3 aromatic rings. The SMILES string of the molecule is CCCCCCc1ccc(CC(=O)Oc2ccc(-c3ccc(C#N)cc3)cc2)cc1. The minimum absolute atomic E-state index is 0.257. The summed E-state index contributed by atoms with van der Waals surface area (Å²) in [4.78, 5) is 12.3. The molecule has 0 spiro atoms. The van der Waals surface area contributed by atoms with Crippen LogP contribution in [0.2, 0.25) is 0 Å². The van der Waals surface area contributed by atoms with Crippen LogP contribution in [-0.4, -0.2) is 5.97 Å². The summed E-state index contributed by atoms with van der Waals surface area (Å²) in [5, 5.41) is 8.89. The first kappa shape index (κ1) is 21.3. The standard InChI is InChI=1S/C27H27NO2/c1-2-3-4-5-6-21-7-9-22(10-8-21)19-27(29)30-26-17-15-25(16-18-26)24-13-11-23(20-28)12-14-24/h7-18H,2-6,19H2,1H3.